The van der Waals surface area contributed by atoms with Crippen LogP contribution in [0, 0.1) is 0 Å². The minimum absolute atomic E-state index is 0.126. The Kier molecular flexibility index (Phi) is 4.42. The van der Waals surface area contributed by atoms with Crippen LogP contribution in [0.1, 0.15) is 41.7 Å². The molecule has 1 heterocycles. The van der Waals surface area contributed by atoms with Gasteiger partial charge >= 0.3 is 11.9 Å². The molecule has 0 aliphatic carbocycles. The van der Waals surface area contributed by atoms with Crippen LogP contribution in [0.2, 0.25) is 0 Å². The topological polar surface area (TPSA) is 90.4 Å². The molecule has 104 valence electrons. The summed E-state index contributed by atoms with van der Waals surface area (Å²) in [5.74, 6) is -1.15. The van der Waals surface area contributed by atoms with Gasteiger partial charge in [-0.15, -0.1) is 0 Å². The number of hydrogen-bond acceptors (Lipinski definition) is 7. The van der Waals surface area contributed by atoms with Crippen LogP contribution in [0.15, 0.2) is 6.20 Å². The summed E-state index contributed by atoms with van der Waals surface area (Å²) >= 11 is 0. The molecular weight excluding hydrogens is 250 g/mol. The second kappa shape index (κ2) is 5.64. The van der Waals surface area contributed by atoms with Crippen LogP contribution in [0.4, 0.5) is 5.82 Å². The van der Waals surface area contributed by atoms with E-state index in [-0.39, 0.29) is 17.2 Å². The molecule has 1 rings (SSSR count). The fourth-order valence-electron chi connectivity index (χ4n) is 1.24. The van der Waals surface area contributed by atoms with E-state index in [1.807, 2.05) is 0 Å². The molecule has 1 N–H and O–H groups in total. The van der Waals surface area contributed by atoms with Crippen LogP contribution < -0.4 is 5.32 Å². The second-order valence-corrected chi connectivity index (χ2v) is 4.70. The number of aromatic nitrogens is 2. The Morgan fingerprint density at radius 1 is 1.26 bits per heavy atom. The van der Waals surface area contributed by atoms with E-state index in [1.165, 1.54) is 13.3 Å². The van der Waals surface area contributed by atoms with Crippen molar-refractivity contribution in [2.75, 3.05) is 19.5 Å². The summed E-state index contributed by atoms with van der Waals surface area (Å²) in [6.45, 7) is 5.27. The molecule has 0 spiro atoms. The van der Waals surface area contributed by atoms with Gasteiger partial charge in [-0.25, -0.2) is 19.6 Å². The van der Waals surface area contributed by atoms with E-state index in [9.17, 15) is 9.59 Å². The van der Waals surface area contributed by atoms with E-state index < -0.39 is 17.5 Å². The molecule has 0 radical (unpaired) electrons. The second-order valence-electron chi connectivity index (χ2n) is 4.70. The highest BCUT2D eigenvalue weighted by atomic mass is 16.6. The maximum Gasteiger partial charge on any atom is 0.376 e. The Morgan fingerprint density at radius 3 is 2.37 bits per heavy atom. The number of nitrogens with one attached hydrogen (secondary N) is 1. The third-order valence-corrected chi connectivity index (χ3v) is 2.01. The first-order valence-corrected chi connectivity index (χ1v) is 5.65. The fourth-order valence-corrected chi connectivity index (χ4v) is 1.24. The number of methoxy groups -OCH3 is 1. The van der Waals surface area contributed by atoms with Crippen molar-refractivity contribution in [1.29, 1.82) is 0 Å². The predicted molar refractivity (Wildman–Crippen MR) is 68.1 cm³/mol. The average Bonchev–Trinajstić information content (AvgIpc) is 2.34. The number of anilines is 1. The summed E-state index contributed by atoms with van der Waals surface area (Å²) in [6, 6.07) is 0. The van der Waals surface area contributed by atoms with E-state index in [1.54, 1.807) is 27.8 Å². The number of carbonyl (C=O) groups is 2. The Hall–Kier alpha value is -2.18. The monoisotopic (exact) mass is 267 g/mol. The molecule has 0 bridgehead atoms. The van der Waals surface area contributed by atoms with Gasteiger partial charge in [0.15, 0.2) is 0 Å². The summed E-state index contributed by atoms with van der Waals surface area (Å²) in [7, 11) is 2.81. The predicted octanol–water partition coefficient (Wildman–Crippen LogP) is 1.26. The third kappa shape index (κ3) is 3.90. The van der Waals surface area contributed by atoms with Crippen molar-refractivity contribution in [3.63, 3.8) is 0 Å². The molecular formula is C12H17N3O4. The SMILES string of the molecule is CNc1nc(C(=O)OC)ncc1C(=O)OC(C)(C)C. The molecule has 1 aromatic rings. The first kappa shape index (κ1) is 14.9. The number of nitrogens with zero attached hydrogens (tertiary/aromatic N) is 2. The van der Waals surface area contributed by atoms with Crippen molar-refractivity contribution >= 4 is 17.8 Å². The first-order chi connectivity index (χ1) is 8.78. The van der Waals surface area contributed by atoms with Crippen molar-refractivity contribution in [2.45, 2.75) is 26.4 Å². The van der Waals surface area contributed by atoms with E-state index in [2.05, 4.69) is 20.0 Å². The van der Waals surface area contributed by atoms with E-state index in [4.69, 9.17) is 4.74 Å². The zero-order valence-electron chi connectivity index (χ0n) is 11.6. The largest absolute Gasteiger partial charge is 0.463 e. The summed E-state index contributed by atoms with van der Waals surface area (Å²) < 4.78 is 9.73. The van der Waals surface area contributed by atoms with Gasteiger partial charge in [0, 0.05) is 13.2 Å². The molecule has 19 heavy (non-hydrogen) atoms. The molecule has 0 unspecified atom stereocenters. The summed E-state index contributed by atoms with van der Waals surface area (Å²) in [5.41, 5.74) is -0.464. The summed E-state index contributed by atoms with van der Waals surface area (Å²) in [4.78, 5) is 30.9. The van der Waals surface area contributed by atoms with E-state index >= 15 is 0 Å². The minimum atomic E-state index is -0.674. The summed E-state index contributed by atoms with van der Waals surface area (Å²) in [5, 5.41) is 2.72. The standard InChI is InChI=1S/C12H17N3O4/c1-12(2,3)19-10(16)7-6-14-9(11(17)18-5)15-8(7)13-4/h6H,1-5H3,(H,13,14,15). The van der Waals surface area contributed by atoms with Crippen LogP contribution in [-0.2, 0) is 9.47 Å². The lowest BCUT2D eigenvalue weighted by atomic mass is 10.2. The Balaban J connectivity index is 3.09. The maximum absolute atomic E-state index is 11.9. The number of ether oxygens (including phenoxy) is 2. The average molecular weight is 267 g/mol. The molecule has 0 saturated heterocycles. The Morgan fingerprint density at radius 2 is 1.89 bits per heavy atom. The molecule has 7 heteroatoms. The lowest BCUT2D eigenvalue weighted by Gasteiger charge is -2.20. The molecule has 0 atom stereocenters. The van der Waals surface area contributed by atoms with Gasteiger partial charge in [-0.3, -0.25) is 0 Å². The molecule has 0 amide bonds. The lowest BCUT2D eigenvalue weighted by Crippen LogP contribution is -2.25. The maximum atomic E-state index is 11.9. The van der Waals surface area contributed by atoms with Crippen LogP contribution in [0.25, 0.3) is 0 Å². The highest BCUT2D eigenvalue weighted by Gasteiger charge is 2.23. The van der Waals surface area contributed by atoms with Gasteiger partial charge < -0.3 is 14.8 Å². The van der Waals surface area contributed by atoms with Gasteiger partial charge in [-0.1, -0.05) is 0 Å². The van der Waals surface area contributed by atoms with Crippen molar-refractivity contribution in [3.8, 4) is 0 Å². The molecule has 0 fully saturated rings. The van der Waals surface area contributed by atoms with Crippen molar-refractivity contribution in [3.05, 3.63) is 17.6 Å². The van der Waals surface area contributed by atoms with Gasteiger partial charge in [0.1, 0.15) is 17.0 Å². The van der Waals surface area contributed by atoms with Gasteiger partial charge in [0.05, 0.1) is 7.11 Å². The van der Waals surface area contributed by atoms with E-state index in [0.29, 0.717) is 0 Å². The number of carbonyl (C=O) groups excluding carboxylic acids is 2. The highest BCUT2D eigenvalue weighted by Crippen LogP contribution is 2.17. The molecule has 0 aliphatic heterocycles. The smallest absolute Gasteiger partial charge is 0.376 e. The molecule has 0 aromatic carbocycles. The van der Waals surface area contributed by atoms with Crippen molar-refractivity contribution in [2.24, 2.45) is 0 Å². The summed E-state index contributed by atoms with van der Waals surface area (Å²) in [6.07, 6.45) is 1.24. The lowest BCUT2D eigenvalue weighted by molar-refractivity contribution is 0.00692. The Labute approximate surface area is 111 Å². The first-order valence-electron chi connectivity index (χ1n) is 5.65. The number of hydrogen-bond donors (Lipinski definition) is 1. The van der Waals surface area contributed by atoms with Crippen LogP contribution >= 0.6 is 0 Å². The van der Waals surface area contributed by atoms with Gasteiger partial charge in [0.2, 0.25) is 5.82 Å². The van der Waals surface area contributed by atoms with Crippen LogP contribution in [0.5, 0.6) is 0 Å². The Bertz CT molecular complexity index is 494. The van der Waals surface area contributed by atoms with E-state index in [0.717, 1.165) is 0 Å². The van der Waals surface area contributed by atoms with Crippen molar-refractivity contribution < 1.29 is 19.1 Å². The molecule has 7 nitrogen and oxygen atoms in total. The zero-order chi connectivity index (χ0) is 14.6. The number of esters is 2. The van der Waals surface area contributed by atoms with Gasteiger partial charge in [0.25, 0.3) is 0 Å². The quantitative estimate of drug-likeness (QED) is 0.824. The normalized spacial score (nSPS) is 10.8. The molecule has 1 aromatic heterocycles. The molecule has 0 aliphatic rings. The number of rotatable bonds is 3. The van der Waals surface area contributed by atoms with Crippen LogP contribution in [-0.4, -0.2) is 41.7 Å². The van der Waals surface area contributed by atoms with Crippen LogP contribution in [0.3, 0.4) is 0 Å². The fraction of sp³-hybridized carbons (Fsp3) is 0.500. The zero-order valence-corrected chi connectivity index (χ0v) is 11.6. The highest BCUT2D eigenvalue weighted by molar-refractivity contribution is 5.95. The van der Waals surface area contributed by atoms with Crippen molar-refractivity contribution in [1.82, 2.24) is 9.97 Å². The molecule has 0 saturated carbocycles. The third-order valence-electron chi connectivity index (χ3n) is 2.01. The van der Waals surface area contributed by atoms with Gasteiger partial charge in [-0.2, -0.15) is 0 Å². The minimum Gasteiger partial charge on any atom is -0.463 e. The van der Waals surface area contributed by atoms with Gasteiger partial charge in [-0.05, 0) is 20.8 Å².